The van der Waals surface area contributed by atoms with Crippen LogP contribution in [-0.4, -0.2) is 14.5 Å². The molecule has 108 valence electrons. The molecule has 0 amide bonds. The molecule has 19 heavy (non-hydrogen) atoms. The van der Waals surface area contributed by atoms with E-state index >= 15 is 0 Å². The van der Waals surface area contributed by atoms with Gasteiger partial charge in [-0.15, -0.1) is 0 Å². The van der Waals surface area contributed by atoms with E-state index < -0.39 is 10.0 Å². The Kier molecular flexibility index (Phi) is 5.97. The largest absolute Gasteiger partial charge is 0.326 e. The van der Waals surface area contributed by atoms with Gasteiger partial charge in [0.05, 0.1) is 5.75 Å². The lowest BCUT2D eigenvalue weighted by atomic mass is 10.0. The molecule has 0 aromatic heterocycles. The summed E-state index contributed by atoms with van der Waals surface area (Å²) in [4.78, 5) is 0. The van der Waals surface area contributed by atoms with Gasteiger partial charge in [0.15, 0.2) is 0 Å². The summed E-state index contributed by atoms with van der Waals surface area (Å²) in [5.41, 5.74) is 7.27. The van der Waals surface area contributed by atoms with Gasteiger partial charge in [-0.3, -0.25) is 0 Å². The molecule has 0 aliphatic rings. The van der Waals surface area contributed by atoms with Crippen molar-refractivity contribution in [3.63, 3.8) is 0 Å². The summed E-state index contributed by atoms with van der Waals surface area (Å²) >= 11 is 0. The summed E-state index contributed by atoms with van der Waals surface area (Å²) in [7, 11) is -3.30. The normalized spacial score (nSPS) is 15.2. The number of hydrogen-bond donors (Lipinski definition) is 2. The van der Waals surface area contributed by atoms with Crippen LogP contribution in [0.2, 0.25) is 0 Å². The van der Waals surface area contributed by atoms with E-state index in [0.717, 1.165) is 17.5 Å². The molecular formula is C14H24N2O2S. The van der Waals surface area contributed by atoms with Gasteiger partial charge in [0.2, 0.25) is 10.0 Å². The van der Waals surface area contributed by atoms with E-state index in [1.165, 1.54) is 0 Å². The second kappa shape index (κ2) is 7.03. The Bertz CT molecular complexity index is 500. The number of rotatable bonds is 7. The summed E-state index contributed by atoms with van der Waals surface area (Å²) < 4.78 is 26.9. The molecule has 0 aliphatic carbocycles. The smallest absolute Gasteiger partial charge is 0.216 e. The monoisotopic (exact) mass is 284 g/mol. The first-order valence-electron chi connectivity index (χ1n) is 6.65. The second-order valence-electron chi connectivity index (χ2n) is 5.08. The molecule has 1 aromatic carbocycles. The minimum atomic E-state index is -3.30. The van der Waals surface area contributed by atoms with Gasteiger partial charge in [0, 0.05) is 12.6 Å². The van der Waals surface area contributed by atoms with Gasteiger partial charge >= 0.3 is 0 Å². The first kappa shape index (κ1) is 16.1. The van der Waals surface area contributed by atoms with Crippen molar-refractivity contribution >= 4 is 10.0 Å². The van der Waals surface area contributed by atoms with Crippen molar-refractivity contribution in [2.45, 2.75) is 45.5 Å². The zero-order valence-corrected chi connectivity index (χ0v) is 12.7. The van der Waals surface area contributed by atoms with Gasteiger partial charge in [-0.1, -0.05) is 44.5 Å². The van der Waals surface area contributed by atoms with E-state index in [1.54, 1.807) is 0 Å². The summed E-state index contributed by atoms with van der Waals surface area (Å²) in [6.45, 7) is 6.43. The molecule has 0 heterocycles. The summed E-state index contributed by atoms with van der Waals surface area (Å²) in [6, 6.07) is 7.34. The van der Waals surface area contributed by atoms with Crippen molar-refractivity contribution in [3.8, 4) is 0 Å². The Balaban J connectivity index is 2.73. The third-order valence-electron chi connectivity index (χ3n) is 3.45. The maximum atomic E-state index is 12.1. The second-order valence-corrected chi connectivity index (χ2v) is 6.83. The maximum Gasteiger partial charge on any atom is 0.216 e. The van der Waals surface area contributed by atoms with Crippen LogP contribution in [0.3, 0.4) is 0 Å². The molecule has 3 N–H and O–H groups in total. The highest BCUT2D eigenvalue weighted by molar-refractivity contribution is 7.88. The predicted molar refractivity (Wildman–Crippen MR) is 79.0 cm³/mol. The van der Waals surface area contributed by atoms with Gasteiger partial charge in [-0.2, -0.15) is 0 Å². The predicted octanol–water partition coefficient (Wildman–Crippen LogP) is 2.00. The molecule has 5 heteroatoms. The third-order valence-corrected chi connectivity index (χ3v) is 4.89. The van der Waals surface area contributed by atoms with E-state index in [2.05, 4.69) is 11.6 Å². The zero-order chi connectivity index (χ0) is 14.5. The number of nitrogens with one attached hydrogen (secondary N) is 1. The number of hydrogen-bond acceptors (Lipinski definition) is 3. The fourth-order valence-electron chi connectivity index (χ4n) is 1.86. The highest BCUT2D eigenvalue weighted by Gasteiger charge is 2.18. The maximum absolute atomic E-state index is 12.1. The lowest BCUT2D eigenvalue weighted by molar-refractivity contribution is 0.434. The first-order chi connectivity index (χ1) is 8.88. The zero-order valence-electron chi connectivity index (χ0n) is 11.9. The minimum Gasteiger partial charge on any atom is -0.326 e. The van der Waals surface area contributed by atoms with Crippen LogP contribution in [0.1, 0.15) is 38.3 Å². The lowest BCUT2D eigenvalue weighted by Crippen LogP contribution is -2.37. The Hall–Kier alpha value is -0.910. The van der Waals surface area contributed by atoms with Crippen molar-refractivity contribution in [2.75, 3.05) is 0 Å². The van der Waals surface area contributed by atoms with Gasteiger partial charge in [-0.05, 0) is 24.0 Å². The van der Waals surface area contributed by atoms with Gasteiger partial charge in [-0.25, -0.2) is 13.1 Å². The van der Waals surface area contributed by atoms with Crippen LogP contribution < -0.4 is 10.5 Å². The molecule has 2 unspecified atom stereocenters. The molecular weight excluding hydrogens is 260 g/mol. The van der Waals surface area contributed by atoms with Crippen LogP contribution in [0.4, 0.5) is 0 Å². The van der Waals surface area contributed by atoms with E-state index in [1.807, 2.05) is 38.1 Å². The number of benzene rings is 1. The molecule has 0 bridgehead atoms. The third kappa shape index (κ3) is 5.30. The van der Waals surface area contributed by atoms with Crippen molar-refractivity contribution in [1.82, 2.24) is 4.72 Å². The van der Waals surface area contributed by atoms with Crippen LogP contribution in [0.5, 0.6) is 0 Å². The molecule has 0 aliphatic heterocycles. The Labute approximate surface area is 116 Å². The molecule has 0 spiro atoms. The fourth-order valence-corrected chi connectivity index (χ4v) is 3.36. The van der Waals surface area contributed by atoms with Crippen LogP contribution in [-0.2, 0) is 22.3 Å². The minimum absolute atomic E-state index is 0.00160. The Morgan fingerprint density at radius 1 is 1.26 bits per heavy atom. The van der Waals surface area contributed by atoms with E-state index in [9.17, 15) is 8.42 Å². The molecule has 1 aromatic rings. The SMILES string of the molecule is CCC(C)C(C)NS(=O)(=O)Cc1cccc(CN)c1. The van der Waals surface area contributed by atoms with Crippen LogP contribution in [0, 0.1) is 5.92 Å². The van der Waals surface area contributed by atoms with E-state index in [0.29, 0.717) is 12.5 Å². The highest BCUT2D eigenvalue weighted by Crippen LogP contribution is 2.12. The summed E-state index contributed by atoms with van der Waals surface area (Å²) in [5.74, 6) is 0.326. The van der Waals surface area contributed by atoms with E-state index in [4.69, 9.17) is 5.73 Å². The molecule has 0 saturated carbocycles. The molecule has 2 atom stereocenters. The standard InChI is InChI=1S/C14H24N2O2S/c1-4-11(2)12(3)16-19(17,18)10-14-7-5-6-13(8-14)9-15/h5-8,11-12,16H,4,9-10,15H2,1-3H3. The quantitative estimate of drug-likeness (QED) is 0.804. The van der Waals surface area contributed by atoms with Crippen LogP contribution in [0.15, 0.2) is 24.3 Å². The van der Waals surface area contributed by atoms with Crippen LogP contribution >= 0.6 is 0 Å². The molecule has 0 radical (unpaired) electrons. The van der Waals surface area contributed by atoms with Crippen molar-refractivity contribution in [2.24, 2.45) is 11.7 Å². The molecule has 1 rings (SSSR count). The fraction of sp³-hybridized carbons (Fsp3) is 0.571. The number of nitrogens with two attached hydrogens (primary N) is 1. The summed E-state index contributed by atoms with van der Waals surface area (Å²) in [6.07, 6.45) is 0.951. The average molecular weight is 284 g/mol. The molecule has 0 saturated heterocycles. The molecule has 4 nitrogen and oxygen atoms in total. The van der Waals surface area contributed by atoms with Gasteiger partial charge < -0.3 is 5.73 Å². The summed E-state index contributed by atoms with van der Waals surface area (Å²) in [5, 5.41) is 0. The van der Waals surface area contributed by atoms with Crippen molar-refractivity contribution < 1.29 is 8.42 Å². The first-order valence-corrected chi connectivity index (χ1v) is 8.31. The highest BCUT2D eigenvalue weighted by atomic mass is 32.2. The topological polar surface area (TPSA) is 72.2 Å². The lowest BCUT2D eigenvalue weighted by Gasteiger charge is -2.19. The van der Waals surface area contributed by atoms with Crippen molar-refractivity contribution in [3.05, 3.63) is 35.4 Å². The Morgan fingerprint density at radius 3 is 2.47 bits per heavy atom. The van der Waals surface area contributed by atoms with E-state index in [-0.39, 0.29) is 11.8 Å². The van der Waals surface area contributed by atoms with Crippen LogP contribution in [0.25, 0.3) is 0 Å². The van der Waals surface area contributed by atoms with Crippen molar-refractivity contribution in [1.29, 1.82) is 0 Å². The molecule has 0 fully saturated rings. The van der Waals surface area contributed by atoms with Gasteiger partial charge in [0.25, 0.3) is 0 Å². The van der Waals surface area contributed by atoms with Gasteiger partial charge in [0.1, 0.15) is 0 Å². The Morgan fingerprint density at radius 2 is 1.89 bits per heavy atom. The number of sulfonamides is 1. The average Bonchev–Trinajstić information content (AvgIpc) is 2.36.